The van der Waals surface area contributed by atoms with Crippen molar-refractivity contribution < 1.29 is 13.2 Å². The Morgan fingerprint density at radius 2 is 2.00 bits per heavy atom. The Morgan fingerprint density at radius 1 is 1.22 bits per heavy atom. The van der Waals surface area contributed by atoms with Crippen LogP contribution < -0.4 is 5.32 Å². The maximum atomic E-state index is 12.6. The van der Waals surface area contributed by atoms with Gasteiger partial charge in [0, 0.05) is 23.9 Å². The van der Waals surface area contributed by atoms with Crippen molar-refractivity contribution in [2.45, 2.75) is 37.0 Å². The lowest BCUT2D eigenvalue weighted by Crippen LogP contribution is -2.42. The molecule has 0 bridgehead atoms. The van der Waals surface area contributed by atoms with E-state index >= 15 is 0 Å². The Bertz CT molecular complexity index is 827. The van der Waals surface area contributed by atoms with E-state index < -0.39 is 9.84 Å². The molecule has 0 spiro atoms. The number of carbonyl (C=O) groups is 1. The predicted octanol–water partition coefficient (Wildman–Crippen LogP) is 2.32. The second kappa shape index (κ2) is 6.28. The van der Waals surface area contributed by atoms with Crippen LogP contribution in [-0.4, -0.2) is 36.9 Å². The summed E-state index contributed by atoms with van der Waals surface area (Å²) in [4.78, 5) is 16.8. The molecule has 5 nitrogen and oxygen atoms in total. The molecule has 1 aromatic heterocycles. The van der Waals surface area contributed by atoms with Crippen molar-refractivity contribution in [2.75, 3.05) is 6.26 Å². The van der Waals surface area contributed by atoms with Crippen molar-refractivity contribution in [1.82, 2.24) is 10.3 Å². The first-order valence-corrected chi connectivity index (χ1v) is 9.74. The fourth-order valence-corrected chi connectivity index (χ4v) is 4.40. The minimum atomic E-state index is -3.06. The van der Waals surface area contributed by atoms with Crippen LogP contribution in [0.4, 0.5) is 0 Å². The molecule has 2 aromatic rings. The number of nitrogens with zero attached hydrogens (tertiary/aromatic N) is 1. The summed E-state index contributed by atoms with van der Waals surface area (Å²) < 4.78 is 23.5. The monoisotopic (exact) mass is 332 g/mol. The minimum absolute atomic E-state index is 0.114. The van der Waals surface area contributed by atoms with Gasteiger partial charge in [0.1, 0.15) is 15.5 Å². The average molecular weight is 332 g/mol. The van der Waals surface area contributed by atoms with Crippen LogP contribution in [0, 0.1) is 0 Å². The van der Waals surface area contributed by atoms with Crippen LogP contribution in [-0.2, 0) is 9.84 Å². The zero-order valence-electron chi connectivity index (χ0n) is 13.0. The van der Waals surface area contributed by atoms with Gasteiger partial charge >= 0.3 is 0 Å². The molecule has 2 atom stereocenters. The third-order valence-corrected chi connectivity index (χ3v) is 6.09. The number of pyridine rings is 1. The first kappa shape index (κ1) is 15.9. The Morgan fingerprint density at radius 3 is 2.78 bits per heavy atom. The topological polar surface area (TPSA) is 76.1 Å². The number of nitrogens with one attached hydrogen (secondary N) is 1. The van der Waals surface area contributed by atoms with Gasteiger partial charge in [0.15, 0.2) is 0 Å². The summed E-state index contributed by atoms with van der Waals surface area (Å²) in [5, 5.41) is 4.38. The van der Waals surface area contributed by atoms with Gasteiger partial charge in [-0.05, 0) is 30.7 Å². The molecular formula is C17H20N2O3S. The third kappa shape index (κ3) is 3.52. The number of fused-ring (bicyclic) bond motifs is 1. The minimum Gasteiger partial charge on any atom is -0.348 e. The molecule has 1 fully saturated rings. The number of sulfone groups is 1. The maximum absolute atomic E-state index is 12.6. The van der Waals surface area contributed by atoms with Crippen LogP contribution in [0.25, 0.3) is 10.8 Å². The van der Waals surface area contributed by atoms with Gasteiger partial charge in [-0.2, -0.15) is 0 Å². The highest BCUT2D eigenvalue weighted by atomic mass is 32.2. The number of amides is 1. The largest absolute Gasteiger partial charge is 0.348 e. The number of hydrogen-bond acceptors (Lipinski definition) is 4. The number of rotatable bonds is 3. The van der Waals surface area contributed by atoms with Crippen molar-refractivity contribution in [3.63, 3.8) is 0 Å². The van der Waals surface area contributed by atoms with Crippen LogP contribution in [0.2, 0.25) is 0 Å². The summed E-state index contributed by atoms with van der Waals surface area (Å²) in [5.74, 6) is -0.235. The molecule has 1 saturated carbocycles. The molecule has 0 saturated heterocycles. The lowest BCUT2D eigenvalue weighted by Gasteiger charge is -2.28. The highest BCUT2D eigenvalue weighted by Gasteiger charge is 2.30. The van der Waals surface area contributed by atoms with Gasteiger partial charge in [-0.3, -0.25) is 9.78 Å². The van der Waals surface area contributed by atoms with E-state index in [-0.39, 0.29) is 17.2 Å². The number of hydrogen-bond donors (Lipinski definition) is 1. The van der Waals surface area contributed by atoms with E-state index in [9.17, 15) is 13.2 Å². The SMILES string of the molecule is CS(=O)(=O)C1CCCC(NC(=O)c2nccc3ccccc23)C1. The fraction of sp³-hybridized carbons (Fsp3) is 0.412. The first-order chi connectivity index (χ1) is 10.9. The van der Waals surface area contributed by atoms with E-state index in [1.807, 2.05) is 30.3 Å². The summed E-state index contributed by atoms with van der Waals surface area (Å²) in [6.07, 6.45) is 5.67. The summed E-state index contributed by atoms with van der Waals surface area (Å²) in [5.41, 5.74) is 0.393. The van der Waals surface area contributed by atoms with Crippen molar-refractivity contribution in [3.05, 3.63) is 42.2 Å². The van der Waals surface area contributed by atoms with Gasteiger partial charge in [0.2, 0.25) is 0 Å². The molecule has 122 valence electrons. The second-order valence-corrected chi connectivity index (χ2v) is 8.49. The van der Waals surface area contributed by atoms with Crippen LogP contribution in [0.15, 0.2) is 36.5 Å². The first-order valence-electron chi connectivity index (χ1n) is 7.78. The van der Waals surface area contributed by atoms with E-state index in [2.05, 4.69) is 10.3 Å². The van der Waals surface area contributed by atoms with E-state index in [1.54, 1.807) is 6.20 Å². The van der Waals surface area contributed by atoms with Crippen LogP contribution in [0.5, 0.6) is 0 Å². The quantitative estimate of drug-likeness (QED) is 0.936. The van der Waals surface area contributed by atoms with Gasteiger partial charge < -0.3 is 5.32 Å². The van der Waals surface area contributed by atoms with Crippen LogP contribution >= 0.6 is 0 Å². The van der Waals surface area contributed by atoms with Crippen LogP contribution in [0.3, 0.4) is 0 Å². The Balaban J connectivity index is 1.78. The number of carbonyl (C=O) groups excluding carboxylic acids is 1. The molecule has 3 rings (SSSR count). The molecule has 6 heteroatoms. The van der Waals surface area contributed by atoms with Gasteiger partial charge in [0.05, 0.1) is 5.25 Å². The second-order valence-electron chi connectivity index (χ2n) is 6.17. The van der Waals surface area contributed by atoms with E-state index in [0.717, 1.165) is 23.6 Å². The molecule has 0 radical (unpaired) electrons. The summed E-state index contributed by atoms with van der Waals surface area (Å²) in [6.45, 7) is 0. The molecule has 1 aromatic carbocycles. The Kier molecular flexibility index (Phi) is 4.35. The van der Waals surface area contributed by atoms with E-state index in [0.29, 0.717) is 18.5 Å². The van der Waals surface area contributed by atoms with Crippen molar-refractivity contribution in [1.29, 1.82) is 0 Å². The van der Waals surface area contributed by atoms with Crippen molar-refractivity contribution >= 4 is 26.5 Å². The lowest BCUT2D eigenvalue weighted by atomic mass is 9.94. The molecule has 23 heavy (non-hydrogen) atoms. The molecule has 0 aliphatic heterocycles. The maximum Gasteiger partial charge on any atom is 0.270 e. The van der Waals surface area contributed by atoms with Crippen LogP contribution in [0.1, 0.15) is 36.2 Å². The van der Waals surface area contributed by atoms with E-state index in [1.165, 1.54) is 6.26 Å². The zero-order valence-corrected chi connectivity index (χ0v) is 13.8. The standard InChI is InChI=1S/C17H20N2O3S/c1-23(21,22)14-7-4-6-13(11-14)19-17(20)16-15-8-3-2-5-12(15)9-10-18-16/h2-3,5,8-10,13-14H,4,6-7,11H2,1H3,(H,19,20). The molecule has 1 aliphatic carbocycles. The normalized spacial score (nSPS) is 22.0. The molecule has 1 heterocycles. The van der Waals surface area contributed by atoms with Gasteiger partial charge in [-0.25, -0.2) is 8.42 Å². The zero-order chi connectivity index (χ0) is 16.4. The summed E-state index contributed by atoms with van der Waals surface area (Å²) >= 11 is 0. The predicted molar refractivity (Wildman–Crippen MR) is 90.1 cm³/mol. The summed E-state index contributed by atoms with van der Waals surface area (Å²) in [6, 6.07) is 9.36. The van der Waals surface area contributed by atoms with E-state index in [4.69, 9.17) is 0 Å². The third-order valence-electron chi connectivity index (χ3n) is 4.46. The number of aromatic nitrogens is 1. The molecule has 1 aliphatic rings. The Labute approximate surface area is 136 Å². The smallest absolute Gasteiger partial charge is 0.270 e. The fourth-order valence-electron chi connectivity index (χ4n) is 3.22. The highest BCUT2D eigenvalue weighted by molar-refractivity contribution is 7.91. The molecule has 2 unspecified atom stereocenters. The molecule has 1 N–H and O–H groups in total. The van der Waals surface area contributed by atoms with Crippen molar-refractivity contribution in [2.24, 2.45) is 0 Å². The molecule has 1 amide bonds. The van der Waals surface area contributed by atoms with Gasteiger partial charge in [-0.1, -0.05) is 30.7 Å². The van der Waals surface area contributed by atoms with Crippen molar-refractivity contribution in [3.8, 4) is 0 Å². The van der Waals surface area contributed by atoms with Gasteiger partial charge in [0.25, 0.3) is 5.91 Å². The van der Waals surface area contributed by atoms with Gasteiger partial charge in [-0.15, -0.1) is 0 Å². The average Bonchev–Trinajstić information content (AvgIpc) is 2.53. The number of benzene rings is 1. The molecular weight excluding hydrogens is 312 g/mol. The highest BCUT2D eigenvalue weighted by Crippen LogP contribution is 2.24. The Hall–Kier alpha value is -1.95. The summed E-state index contributed by atoms with van der Waals surface area (Å²) in [7, 11) is -3.06. The lowest BCUT2D eigenvalue weighted by molar-refractivity contribution is 0.0925.